The topological polar surface area (TPSA) is 81.5 Å². The SMILES string of the molecule is Cc1c(C(=O)OCC(=O)N2CCCC[C@@H]2C)sc2nc3n(c(=O)c12)CCC3. The van der Waals surface area contributed by atoms with Crippen LogP contribution in [0.2, 0.25) is 0 Å². The van der Waals surface area contributed by atoms with Crippen molar-refractivity contribution in [1.82, 2.24) is 14.5 Å². The van der Waals surface area contributed by atoms with Gasteiger partial charge in [-0.15, -0.1) is 11.3 Å². The van der Waals surface area contributed by atoms with Crippen LogP contribution in [0.1, 0.15) is 53.7 Å². The molecule has 4 heterocycles. The highest BCUT2D eigenvalue weighted by Gasteiger charge is 2.27. The van der Waals surface area contributed by atoms with Gasteiger partial charge in [0.05, 0.1) is 5.39 Å². The summed E-state index contributed by atoms with van der Waals surface area (Å²) in [6.45, 7) is 4.89. The molecule has 27 heavy (non-hydrogen) atoms. The van der Waals surface area contributed by atoms with Crippen molar-refractivity contribution in [3.05, 3.63) is 26.6 Å². The van der Waals surface area contributed by atoms with Gasteiger partial charge in [-0.2, -0.15) is 0 Å². The van der Waals surface area contributed by atoms with Gasteiger partial charge in [0.1, 0.15) is 15.5 Å². The van der Waals surface area contributed by atoms with Crippen LogP contribution in [-0.4, -0.2) is 45.5 Å². The van der Waals surface area contributed by atoms with Gasteiger partial charge in [-0.25, -0.2) is 9.78 Å². The largest absolute Gasteiger partial charge is 0.451 e. The third-order valence-electron chi connectivity index (χ3n) is 5.55. The number of aromatic nitrogens is 2. The van der Waals surface area contributed by atoms with Crippen LogP contribution in [0, 0.1) is 6.92 Å². The van der Waals surface area contributed by atoms with Crippen molar-refractivity contribution in [3.63, 3.8) is 0 Å². The van der Waals surface area contributed by atoms with Gasteiger partial charge in [-0.3, -0.25) is 14.2 Å². The number of thiophene rings is 1. The number of amides is 1. The Kier molecular flexibility index (Phi) is 4.75. The second kappa shape index (κ2) is 7.07. The van der Waals surface area contributed by atoms with Crippen LogP contribution in [0.3, 0.4) is 0 Å². The molecular formula is C19H23N3O4S. The summed E-state index contributed by atoms with van der Waals surface area (Å²) in [5.74, 6) is 0.0625. The van der Waals surface area contributed by atoms with Crippen molar-refractivity contribution in [2.45, 2.75) is 58.5 Å². The van der Waals surface area contributed by atoms with E-state index in [1.165, 1.54) is 11.3 Å². The van der Waals surface area contributed by atoms with E-state index in [2.05, 4.69) is 4.98 Å². The maximum Gasteiger partial charge on any atom is 0.349 e. The van der Waals surface area contributed by atoms with E-state index in [0.29, 0.717) is 33.7 Å². The molecule has 7 nitrogen and oxygen atoms in total. The average Bonchev–Trinajstić information content (AvgIpc) is 3.25. The Bertz CT molecular complexity index is 977. The normalized spacial score (nSPS) is 19.3. The van der Waals surface area contributed by atoms with E-state index in [-0.39, 0.29) is 24.1 Å². The zero-order valence-corrected chi connectivity index (χ0v) is 16.4. The molecule has 2 aliphatic heterocycles. The molecule has 1 fully saturated rings. The number of hydrogen-bond acceptors (Lipinski definition) is 6. The van der Waals surface area contributed by atoms with E-state index in [4.69, 9.17) is 4.74 Å². The van der Waals surface area contributed by atoms with Crippen LogP contribution in [0.25, 0.3) is 10.2 Å². The van der Waals surface area contributed by atoms with Crippen molar-refractivity contribution < 1.29 is 14.3 Å². The summed E-state index contributed by atoms with van der Waals surface area (Å²) >= 11 is 1.18. The van der Waals surface area contributed by atoms with E-state index in [0.717, 1.165) is 37.9 Å². The number of rotatable bonds is 3. The second-order valence-electron chi connectivity index (χ2n) is 7.33. The summed E-state index contributed by atoms with van der Waals surface area (Å²) in [5.41, 5.74) is 0.511. The summed E-state index contributed by atoms with van der Waals surface area (Å²) in [7, 11) is 0. The molecule has 0 spiro atoms. The summed E-state index contributed by atoms with van der Waals surface area (Å²) in [4.78, 5) is 44.9. The predicted octanol–water partition coefficient (Wildman–Crippen LogP) is 2.27. The lowest BCUT2D eigenvalue weighted by molar-refractivity contribution is -0.137. The lowest BCUT2D eigenvalue weighted by Gasteiger charge is -2.33. The molecule has 0 aromatic carbocycles. The molecule has 0 aliphatic carbocycles. The Hall–Kier alpha value is -2.22. The Morgan fingerprint density at radius 1 is 1.26 bits per heavy atom. The maximum atomic E-state index is 12.7. The molecule has 144 valence electrons. The zero-order chi connectivity index (χ0) is 19.1. The van der Waals surface area contributed by atoms with Gasteiger partial charge in [0, 0.05) is 25.6 Å². The first-order valence-corrected chi connectivity index (χ1v) is 10.3. The molecule has 8 heteroatoms. The van der Waals surface area contributed by atoms with Crippen molar-refractivity contribution in [2.24, 2.45) is 0 Å². The third kappa shape index (κ3) is 3.16. The number of aryl methyl sites for hydroxylation is 2. The van der Waals surface area contributed by atoms with E-state index < -0.39 is 5.97 Å². The van der Waals surface area contributed by atoms with Crippen LogP contribution >= 0.6 is 11.3 Å². The molecule has 1 atom stereocenters. The maximum absolute atomic E-state index is 12.7. The van der Waals surface area contributed by atoms with Crippen molar-refractivity contribution in [1.29, 1.82) is 0 Å². The number of piperidine rings is 1. The molecule has 2 aromatic heterocycles. The first-order chi connectivity index (χ1) is 13.0. The molecule has 0 radical (unpaired) electrons. The van der Waals surface area contributed by atoms with E-state index in [9.17, 15) is 14.4 Å². The molecule has 0 bridgehead atoms. The highest BCUT2D eigenvalue weighted by Crippen LogP contribution is 2.29. The lowest BCUT2D eigenvalue weighted by atomic mass is 10.0. The monoisotopic (exact) mass is 389 g/mol. The fourth-order valence-corrected chi connectivity index (χ4v) is 5.10. The molecule has 0 saturated carbocycles. The van der Waals surface area contributed by atoms with Crippen LogP contribution in [0.5, 0.6) is 0 Å². The van der Waals surface area contributed by atoms with E-state index in [1.54, 1.807) is 16.4 Å². The molecular weight excluding hydrogens is 366 g/mol. The molecule has 2 aliphatic rings. The van der Waals surface area contributed by atoms with Gasteiger partial charge in [0.2, 0.25) is 0 Å². The molecule has 0 unspecified atom stereocenters. The fraction of sp³-hybridized carbons (Fsp3) is 0.579. The van der Waals surface area contributed by atoms with Gasteiger partial charge < -0.3 is 9.64 Å². The quantitative estimate of drug-likeness (QED) is 0.752. The van der Waals surface area contributed by atoms with Crippen molar-refractivity contribution >= 4 is 33.4 Å². The van der Waals surface area contributed by atoms with Gasteiger partial charge in [0.25, 0.3) is 11.5 Å². The third-order valence-corrected chi connectivity index (χ3v) is 6.71. The van der Waals surface area contributed by atoms with Crippen LogP contribution in [-0.2, 0) is 22.5 Å². The van der Waals surface area contributed by atoms with Gasteiger partial charge in [-0.05, 0) is 45.1 Å². The number of ether oxygens (including phenoxy) is 1. The Balaban J connectivity index is 1.53. The first kappa shape index (κ1) is 18.2. The molecule has 2 aromatic rings. The summed E-state index contributed by atoms with van der Waals surface area (Å²) < 4.78 is 6.98. The minimum atomic E-state index is -0.557. The standard InChI is InChI=1S/C19H23N3O4S/c1-11-6-3-4-8-21(11)14(23)10-26-19(25)16-12(2)15-17(27-16)20-13-7-5-9-22(13)18(15)24/h11H,3-10H2,1-2H3/t11-/m0/s1. The summed E-state index contributed by atoms with van der Waals surface area (Å²) in [5, 5.41) is 0.494. The predicted molar refractivity (Wildman–Crippen MR) is 102 cm³/mol. The highest BCUT2D eigenvalue weighted by atomic mass is 32.1. The summed E-state index contributed by atoms with van der Waals surface area (Å²) in [6.07, 6.45) is 4.79. The number of fused-ring (bicyclic) bond motifs is 2. The number of esters is 1. The smallest absolute Gasteiger partial charge is 0.349 e. The van der Waals surface area contributed by atoms with Crippen molar-refractivity contribution in [3.8, 4) is 0 Å². The van der Waals surface area contributed by atoms with Gasteiger partial charge in [0.15, 0.2) is 6.61 Å². The lowest BCUT2D eigenvalue weighted by Crippen LogP contribution is -2.44. The zero-order valence-electron chi connectivity index (χ0n) is 15.6. The molecule has 1 amide bonds. The Labute approximate surface area is 160 Å². The van der Waals surface area contributed by atoms with E-state index >= 15 is 0 Å². The molecule has 1 saturated heterocycles. The summed E-state index contributed by atoms with van der Waals surface area (Å²) in [6, 6.07) is 0.183. The average molecular weight is 389 g/mol. The minimum Gasteiger partial charge on any atom is -0.451 e. The highest BCUT2D eigenvalue weighted by molar-refractivity contribution is 7.20. The van der Waals surface area contributed by atoms with E-state index in [1.807, 2.05) is 6.92 Å². The number of likely N-dealkylation sites (tertiary alicyclic amines) is 1. The van der Waals surface area contributed by atoms with Crippen LogP contribution in [0.15, 0.2) is 4.79 Å². The van der Waals surface area contributed by atoms with Crippen molar-refractivity contribution in [2.75, 3.05) is 13.2 Å². The molecule has 0 N–H and O–H groups in total. The van der Waals surface area contributed by atoms with Crippen LogP contribution < -0.4 is 5.56 Å². The minimum absolute atomic E-state index is 0.0847. The molecule has 4 rings (SSSR count). The number of hydrogen-bond donors (Lipinski definition) is 0. The number of carbonyl (C=O) groups excluding carboxylic acids is 2. The van der Waals surface area contributed by atoms with Gasteiger partial charge in [-0.1, -0.05) is 0 Å². The number of nitrogens with zero attached hydrogens (tertiary/aromatic N) is 3. The first-order valence-electron chi connectivity index (χ1n) is 9.46. The number of carbonyl (C=O) groups is 2. The van der Waals surface area contributed by atoms with Gasteiger partial charge >= 0.3 is 5.97 Å². The second-order valence-corrected chi connectivity index (χ2v) is 8.33. The fourth-order valence-electron chi connectivity index (χ4n) is 4.01. The Morgan fingerprint density at radius 2 is 2.07 bits per heavy atom. The Morgan fingerprint density at radius 3 is 2.85 bits per heavy atom. The van der Waals surface area contributed by atoms with Crippen LogP contribution in [0.4, 0.5) is 0 Å².